The standard InChI is InChI=1S/C67H43N/c1-2-16-44(17-3-1)45-30-32-48(33-31-45)66-53-21-7-4-18-46(53)36-40-54(66)47-34-37-50(38-35-47)68(65-42-49-19-5-6-20-52(49)55-22-8-9-26-60(55)65)51-39-41-59-58-25-12-15-29-63(58)67(64(59)43-51)61-27-13-10-23-56(61)57-24-11-14-28-62(57)67/h1-43H/i1D,2D,3D,4D,5D,6D,7D,8D,9D,10D,11D,12D,13D,14D,15D,16D,17D,18D,19D,20D,21D,22D,23D,24D,25D,26D,27D,28D,29D,30D,31D,32D,33D,34D,35D,36D,37D,38D,39D,40D,41D,42D,43D. The van der Waals surface area contributed by atoms with Crippen LogP contribution in [0.3, 0.4) is 0 Å². The molecular weight excluding hydrogens is 819 g/mol. The van der Waals surface area contributed by atoms with Gasteiger partial charge in [0, 0.05) is 16.8 Å². The van der Waals surface area contributed by atoms with Gasteiger partial charge in [0.05, 0.1) is 70.0 Å². The van der Waals surface area contributed by atoms with Crippen LogP contribution in [0.15, 0.2) is 260 Å². The average molecular weight is 905 g/mol. The van der Waals surface area contributed by atoms with E-state index in [0.29, 0.717) is 0 Å². The maximum absolute atomic E-state index is 11.0. The van der Waals surface area contributed by atoms with Crippen LogP contribution in [0, 0.1) is 0 Å². The summed E-state index contributed by atoms with van der Waals surface area (Å²) in [4.78, 5) is 0.234. The minimum Gasteiger partial charge on any atom is -0.310 e. The van der Waals surface area contributed by atoms with Crippen molar-refractivity contribution >= 4 is 49.4 Å². The lowest BCUT2D eigenvalue weighted by molar-refractivity contribution is 0.793. The second-order valence-electron chi connectivity index (χ2n) is 15.0. The zero-order chi connectivity index (χ0) is 82.2. The fraction of sp³-hybridized carbons (Fsp3) is 0.0149. The van der Waals surface area contributed by atoms with Gasteiger partial charge < -0.3 is 4.90 Å². The lowest BCUT2D eigenvalue weighted by Crippen LogP contribution is -2.26. The van der Waals surface area contributed by atoms with Crippen molar-refractivity contribution in [3.63, 3.8) is 0 Å². The van der Waals surface area contributed by atoms with E-state index in [1.165, 1.54) is 0 Å². The molecule has 0 atom stereocenters. The molecule has 0 amide bonds. The molecule has 14 rings (SSSR count). The number of fused-ring (bicyclic) bond motifs is 14. The first-order valence-electron chi connectivity index (χ1n) is 41.7. The van der Waals surface area contributed by atoms with Gasteiger partial charge in [-0.25, -0.2) is 0 Å². The Morgan fingerprint density at radius 3 is 1.43 bits per heavy atom. The largest absolute Gasteiger partial charge is 0.310 e. The van der Waals surface area contributed by atoms with Crippen molar-refractivity contribution in [1.82, 2.24) is 0 Å². The lowest BCUT2D eigenvalue weighted by Gasteiger charge is -2.32. The number of benzene rings is 12. The van der Waals surface area contributed by atoms with Crippen molar-refractivity contribution in [3.8, 4) is 55.6 Å². The third-order valence-electron chi connectivity index (χ3n) is 11.6. The molecule has 316 valence electrons. The summed E-state index contributed by atoms with van der Waals surface area (Å²) in [7, 11) is 0. The average Bonchev–Trinajstić information content (AvgIpc) is 1.48. The third kappa shape index (κ3) is 5.63. The molecule has 0 aliphatic heterocycles. The Balaban J connectivity index is 1.24. The normalized spacial score (nSPS) is 21.7. The predicted octanol–water partition coefficient (Wildman–Crippen LogP) is 18.0. The van der Waals surface area contributed by atoms with Crippen LogP contribution in [0.4, 0.5) is 17.1 Å². The van der Waals surface area contributed by atoms with Crippen LogP contribution in [-0.4, -0.2) is 0 Å². The van der Waals surface area contributed by atoms with E-state index < -0.39 is 393 Å². The topological polar surface area (TPSA) is 3.24 Å². The van der Waals surface area contributed by atoms with Crippen molar-refractivity contribution in [2.45, 2.75) is 5.41 Å². The monoisotopic (exact) mass is 905 g/mol. The summed E-state index contributed by atoms with van der Waals surface area (Å²) < 4.78 is 406. The second-order valence-corrected chi connectivity index (χ2v) is 15.0. The van der Waals surface area contributed by atoms with Gasteiger partial charge in [0.2, 0.25) is 0 Å². The number of hydrogen-bond acceptors (Lipinski definition) is 1. The van der Waals surface area contributed by atoms with Crippen LogP contribution in [0.5, 0.6) is 0 Å². The van der Waals surface area contributed by atoms with E-state index in [-0.39, 0.29) is 4.90 Å². The molecule has 1 nitrogen and oxygen atoms in total. The van der Waals surface area contributed by atoms with E-state index >= 15 is 0 Å². The number of rotatable bonds is 6. The van der Waals surface area contributed by atoms with Gasteiger partial charge in [-0.15, -0.1) is 0 Å². The molecule has 0 bridgehead atoms. The first-order valence-corrected chi connectivity index (χ1v) is 20.2. The van der Waals surface area contributed by atoms with E-state index in [1.807, 2.05) is 0 Å². The molecule has 0 fully saturated rings. The first kappa shape index (κ1) is 15.1. The number of nitrogens with zero attached hydrogens (tertiary/aromatic N) is 1. The number of hydrogen-bond donors (Lipinski definition) is 0. The van der Waals surface area contributed by atoms with Crippen LogP contribution in [0.1, 0.15) is 81.2 Å². The molecule has 0 heterocycles. The molecular formula is C67H43N. The Labute approximate surface area is 456 Å². The van der Waals surface area contributed by atoms with Crippen molar-refractivity contribution in [2.75, 3.05) is 4.90 Å². The molecule has 0 aromatic heterocycles. The molecule has 1 heteroatoms. The quantitative estimate of drug-likeness (QED) is 0.150. The zero-order valence-corrected chi connectivity index (χ0v) is 33.9. The van der Waals surface area contributed by atoms with Crippen LogP contribution in [-0.2, 0) is 5.41 Å². The van der Waals surface area contributed by atoms with Crippen LogP contribution in [0.25, 0.3) is 88.0 Å². The highest BCUT2D eigenvalue weighted by atomic mass is 15.1. The van der Waals surface area contributed by atoms with Gasteiger partial charge in [0.25, 0.3) is 0 Å². The summed E-state index contributed by atoms with van der Waals surface area (Å²) in [5, 5.41) is -5.69. The van der Waals surface area contributed by atoms with Gasteiger partial charge >= 0.3 is 0 Å². The number of anilines is 3. The molecule has 2 aliphatic carbocycles. The molecule has 1 spiro atoms. The van der Waals surface area contributed by atoms with Gasteiger partial charge in [0.15, 0.2) is 0 Å². The Bertz CT molecular complexity index is 6370. The second kappa shape index (κ2) is 15.1. The SMILES string of the molecule is [2H]c1c([2H])c([2H])c(-c2c([2H])c([2H])c(-c3c(-c4c([2H])c([2H])c(N(c5c([2H])c([2H])c6c(c5[2H])C5(c7c([2H])c([2H])c([2H])c([2H])c7-c7c([2H])c([2H])c([2H])c([2H])c75)c5c([2H])c([2H])c([2H])c([2H])c5-6)c5c([2H])c6c([2H])c([2H])c([2H])c([2H])c6c6c([2H])c([2H])c([2H])c([2H])c56)c([2H])c4[2H])c([2H])c([2H])c4c([2H])c([2H])c([2H])c([2H])c34)c([2H])c2[2H])c([2H])c1[2H]. The molecule has 0 N–H and O–H groups in total. The Kier molecular flexibility index (Phi) is 3.37. The van der Waals surface area contributed by atoms with Crippen LogP contribution >= 0.6 is 0 Å². The summed E-state index contributed by atoms with van der Waals surface area (Å²) in [6, 6.07) is -51.4. The zero-order valence-electron chi connectivity index (χ0n) is 76.9. The maximum atomic E-state index is 11.0. The van der Waals surface area contributed by atoms with Gasteiger partial charge in [-0.2, -0.15) is 0 Å². The first-order chi connectivity index (χ1) is 51.6. The minimum atomic E-state index is -3.21. The van der Waals surface area contributed by atoms with Crippen molar-refractivity contribution in [2.24, 2.45) is 0 Å². The van der Waals surface area contributed by atoms with Crippen molar-refractivity contribution in [1.29, 1.82) is 0 Å². The summed E-state index contributed by atoms with van der Waals surface area (Å²) >= 11 is 0. The van der Waals surface area contributed by atoms with Crippen LogP contribution < -0.4 is 4.90 Å². The van der Waals surface area contributed by atoms with Crippen molar-refractivity contribution < 1.29 is 58.9 Å². The van der Waals surface area contributed by atoms with E-state index in [4.69, 9.17) is 20.6 Å². The highest BCUT2D eigenvalue weighted by Crippen LogP contribution is 2.63. The van der Waals surface area contributed by atoms with E-state index in [9.17, 15) is 38.4 Å². The van der Waals surface area contributed by atoms with Crippen LogP contribution in [0.2, 0.25) is 0 Å². The molecule has 0 saturated heterocycles. The maximum Gasteiger partial charge on any atom is 0.0726 e. The van der Waals surface area contributed by atoms with Crippen molar-refractivity contribution in [3.05, 3.63) is 282 Å². The van der Waals surface area contributed by atoms with E-state index in [2.05, 4.69) is 0 Å². The summed E-state index contributed by atoms with van der Waals surface area (Å²) in [5.41, 5.74) is -20.9. The third-order valence-corrected chi connectivity index (χ3v) is 11.6. The molecule has 0 radical (unpaired) electrons. The molecule has 0 saturated carbocycles. The Morgan fingerprint density at radius 2 is 0.750 bits per heavy atom. The van der Waals surface area contributed by atoms with Gasteiger partial charge in [-0.1, -0.05) is 230 Å². The molecule has 68 heavy (non-hydrogen) atoms. The fourth-order valence-corrected chi connectivity index (χ4v) is 8.85. The summed E-state index contributed by atoms with van der Waals surface area (Å²) in [6.07, 6.45) is 0. The van der Waals surface area contributed by atoms with E-state index in [0.717, 1.165) is 0 Å². The minimum absolute atomic E-state index is 0.234. The predicted molar refractivity (Wildman–Crippen MR) is 286 cm³/mol. The van der Waals surface area contributed by atoms with E-state index in [1.54, 1.807) is 0 Å². The molecule has 12 aromatic rings. The molecule has 12 aromatic carbocycles. The lowest BCUT2D eigenvalue weighted by atomic mass is 9.70. The summed E-state index contributed by atoms with van der Waals surface area (Å²) in [5.74, 6) is 0. The van der Waals surface area contributed by atoms with Gasteiger partial charge in [-0.3, -0.25) is 0 Å². The smallest absolute Gasteiger partial charge is 0.0726 e. The fourth-order valence-electron chi connectivity index (χ4n) is 8.85. The summed E-state index contributed by atoms with van der Waals surface area (Å²) in [6.45, 7) is 0. The van der Waals surface area contributed by atoms with Gasteiger partial charge in [0.1, 0.15) is 0 Å². The Hall–Kier alpha value is -8.78. The molecule has 2 aliphatic rings. The highest BCUT2D eigenvalue weighted by Gasteiger charge is 2.51. The van der Waals surface area contributed by atoms with Gasteiger partial charge in [-0.05, 0) is 135 Å². The Morgan fingerprint density at radius 1 is 0.279 bits per heavy atom. The molecule has 0 unspecified atom stereocenters. The highest BCUT2D eigenvalue weighted by molar-refractivity contribution is 6.15.